The Balaban J connectivity index is 1.63. The van der Waals surface area contributed by atoms with Crippen molar-refractivity contribution >= 4 is 29.7 Å². The molecule has 0 bridgehead atoms. The molecule has 9 heteroatoms. The molecule has 268 valence electrons. The van der Waals surface area contributed by atoms with Gasteiger partial charge in [0.25, 0.3) is 0 Å². The zero-order chi connectivity index (χ0) is 33.7. The number of para-hydroxylation sites is 2. The van der Waals surface area contributed by atoms with E-state index in [1.807, 2.05) is 60.7 Å². The summed E-state index contributed by atoms with van der Waals surface area (Å²) in [6, 6.07) is 19.9. The minimum atomic E-state index is -2.69. The number of unbranched alkanes of at least 4 members (excludes halogenated alkanes) is 12. The summed E-state index contributed by atoms with van der Waals surface area (Å²) in [7, 11) is 0. The van der Waals surface area contributed by atoms with Crippen molar-refractivity contribution in [2.45, 2.75) is 129 Å². The van der Waals surface area contributed by atoms with E-state index in [1.165, 1.54) is 77.0 Å². The molecule has 0 heterocycles. The second-order valence-corrected chi connectivity index (χ2v) is 17.5. The molecule has 0 aliphatic heterocycles. The maximum absolute atomic E-state index is 6.24. The molecule has 0 radical (unpaired) electrons. The summed E-state index contributed by atoms with van der Waals surface area (Å²) in [4.78, 5) is 0. The molecule has 0 fully saturated rings. The first-order valence-electron chi connectivity index (χ1n) is 18.2. The molecular formula is C38H63O6PS2. The van der Waals surface area contributed by atoms with Crippen LogP contribution < -0.4 is 9.47 Å². The van der Waals surface area contributed by atoms with E-state index >= 15 is 0 Å². The van der Waals surface area contributed by atoms with Crippen LogP contribution in [-0.2, 0) is 30.3 Å². The number of thiol groups is 1. The van der Waals surface area contributed by atoms with E-state index < -0.39 is 5.69 Å². The maximum Gasteiger partial charge on any atom is 0.244 e. The Kier molecular flexibility index (Phi) is 25.7. The highest BCUT2D eigenvalue weighted by atomic mass is 32.9. The highest BCUT2D eigenvalue weighted by Gasteiger charge is 2.16. The van der Waals surface area contributed by atoms with Crippen LogP contribution in [0.25, 0.3) is 0 Å². The zero-order valence-electron chi connectivity index (χ0n) is 29.2. The molecule has 0 aliphatic carbocycles. The van der Waals surface area contributed by atoms with Gasteiger partial charge in [0.1, 0.15) is 23.7 Å². The maximum atomic E-state index is 6.24. The summed E-state index contributed by atoms with van der Waals surface area (Å²) in [5.74, 6) is 1.75. The van der Waals surface area contributed by atoms with E-state index in [4.69, 9.17) is 39.8 Å². The van der Waals surface area contributed by atoms with Gasteiger partial charge in [0.2, 0.25) is 5.69 Å². The molecule has 0 N–H and O–H groups in total. The molecule has 0 amide bonds. The first kappa shape index (κ1) is 42.0. The highest BCUT2D eigenvalue weighted by molar-refractivity contribution is 8.60. The van der Waals surface area contributed by atoms with Crippen molar-refractivity contribution in [1.29, 1.82) is 0 Å². The smallest absolute Gasteiger partial charge is 0.244 e. The van der Waals surface area contributed by atoms with E-state index in [0.29, 0.717) is 39.6 Å². The van der Waals surface area contributed by atoms with Crippen LogP contribution in [0.1, 0.15) is 117 Å². The van der Waals surface area contributed by atoms with E-state index in [2.05, 4.69) is 26.1 Å². The molecule has 0 spiro atoms. The fourth-order valence-corrected chi connectivity index (χ4v) is 6.91. The van der Waals surface area contributed by atoms with Crippen LogP contribution in [0.4, 0.5) is 0 Å². The molecule has 2 aromatic rings. The van der Waals surface area contributed by atoms with Gasteiger partial charge in [-0.25, -0.2) is 0 Å². The quantitative estimate of drug-likeness (QED) is 0.0461. The van der Waals surface area contributed by atoms with Gasteiger partial charge in [-0.3, -0.25) is 0 Å². The lowest BCUT2D eigenvalue weighted by molar-refractivity contribution is 0.0254. The Morgan fingerprint density at radius 2 is 0.894 bits per heavy atom. The van der Waals surface area contributed by atoms with Crippen LogP contribution in [0.3, 0.4) is 0 Å². The Hall–Kier alpha value is -1.12. The second-order valence-electron chi connectivity index (χ2n) is 12.2. The van der Waals surface area contributed by atoms with Gasteiger partial charge in [0.15, 0.2) is 0 Å². The lowest BCUT2D eigenvalue weighted by atomic mass is 10.1. The van der Waals surface area contributed by atoms with Crippen LogP contribution in [0, 0.1) is 0 Å². The van der Waals surface area contributed by atoms with Gasteiger partial charge in [-0.05, 0) is 61.8 Å². The van der Waals surface area contributed by atoms with Gasteiger partial charge in [-0.15, -0.1) is 0 Å². The second kappa shape index (κ2) is 28.7. The summed E-state index contributed by atoms with van der Waals surface area (Å²) in [6.07, 6.45) is 19.8. The van der Waals surface area contributed by atoms with E-state index in [-0.39, 0.29) is 12.2 Å². The van der Waals surface area contributed by atoms with Gasteiger partial charge in [-0.1, -0.05) is 140 Å². The minimum absolute atomic E-state index is 0.000915. The molecule has 6 nitrogen and oxygen atoms in total. The lowest BCUT2D eigenvalue weighted by Gasteiger charge is -2.21. The third-order valence-electron chi connectivity index (χ3n) is 7.92. The lowest BCUT2D eigenvalue weighted by Crippen LogP contribution is -2.24. The van der Waals surface area contributed by atoms with Crippen molar-refractivity contribution in [3.05, 3.63) is 60.7 Å². The fraction of sp³-hybridized carbons (Fsp3) is 0.684. The number of benzene rings is 2. The third-order valence-corrected chi connectivity index (χ3v) is 10.3. The highest BCUT2D eigenvalue weighted by Crippen LogP contribution is 2.53. The first-order chi connectivity index (χ1) is 23.0. The van der Waals surface area contributed by atoms with Gasteiger partial charge in [0, 0.05) is 0 Å². The monoisotopic (exact) mass is 710 g/mol. The average Bonchev–Trinajstić information content (AvgIpc) is 3.07. The van der Waals surface area contributed by atoms with Crippen LogP contribution in [0.15, 0.2) is 60.7 Å². The Morgan fingerprint density at radius 1 is 0.532 bits per heavy atom. The Morgan fingerprint density at radius 3 is 1.28 bits per heavy atom. The van der Waals surface area contributed by atoms with E-state index in [0.717, 1.165) is 37.2 Å². The SMILES string of the molecule is CCCCCCCCCC(COCCOP(=S)(S)OCCOCC(CCCCCCCCC)Oc1ccccc1)Oc1ccccc1. The summed E-state index contributed by atoms with van der Waals surface area (Å²) in [5, 5.41) is 0. The van der Waals surface area contributed by atoms with Crippen molar-refractivity contribution < 1.29 is 28.0 Å². The van der Waals surface area contributed by atoms with E-state index in [9.17, 15) is 0 Å². The third kappa shape index (κ3) is 23.8. The largest absolute Gasteiger partial charge is 0.488 e. The molecule has 47 heavy (non-hydrogen) atoms. The minimum Gasteiger partial charge on any atom is -0.488 e. The van der Waals surface area contributed by atoms with E-state index in [1.54, 1.807) is 0 Å². The Bertz CT molecular complexity index is 938. The van der Waals surface area contributed by atoms with Crippen molar-refractivity contribution in [3.8, 4) is 11.5 Å². The number of hydrogen-bond acceptors (Lipinski definition) is 7. The van der Waals surface area contributed by atoms with Crippen LogP contribution >= 0.6 is 17.9 Å². The Labute approximate surface area is 297 Å². The average molecular weight is 711 g/mol. The van der Waals surface area contributed by atoms with Crippen molar-refractivity contribution in [2.24, 2.45) is 0 Å². The number of ether oxygens (including phenoxy) is 4. The normalized spacial score (nSPS) is 14.0. The molecule has 0 aliphatic rings. The molecule has 2 aromatic carbocycles. The molecule has 2 rings (SSSR count). The standard InChI is InChI=1S/C38H63O6PS2/c1-3-5-7-9-11-13-17-27-37(43-35-23-19-15-20-24-35)33-39-29-31-41-45(46,47)42-32-30-40-34-38(44-36-25-21-16-22-26-36)28-18-14-12-10-8-6-4-2/h15-16,19-26,37-38H,3-14,17-18,27-34H2,1-2H3,(H,46,47). The number of rotatable bonds is 32. The predicted octanol–water partition coefficient (Wildman–Crippen LogP) is 11.4. The summed E-state index contributed by atoms with van der Waals surface area (Å²) >= 11 is 10.0. The van der Waals surface area contributed by atoms with Crippen molar-refractivity contribution in [1.82, 2.24) is 0 Å². The fourth-order valence-electron chi connectivity index (χ4n) is 5.28. The molecule has 0 saturated heterocycles. The zero-order valence-corrected chi connectivity index (χ0v) is 31.8. The predicted molar refractivity (Wildman–Crippen MR) is 204 cm³/mol. The van der Waals surface area contributed by atoms with Crippen LogP contribution in [-0.4, -0.2) is 51.8 Å². The van der Waals surface area contributed by atoms with Gasteiger partial charge in [0.05, 0.1) is 39.6 Å². The number of hydrogen-bond donors (Lipinski definition) is 1. The van der Waals surface area contributed by atoms with Gasteiger partial charge < -0.3 is 28.0 Å². The van der Waals surface area contributed by atoms with Crippen molar-refractivity contribution in [3.63, 3.8) is 0 Å². The van der Waals surface area contributed by atoms with Crippen molar-refractivity contribution in [2.75, 3.05) is 39.6 Å². The molecule has 0 saturated carbocycles. The van der Waals surface area contributed by atoms with Gasteiger partial charge in [-0.2, -0.15) is 0 Å². The van der Waals surface area contributed by atoms with Crippen LogP contribution in [0.2, 0.25) is 0 Å². The summed E-state index contributed by atoms with van der Waals surface area (Å²) in [5.41, 5.74) is -2.69. The van der Waals surface area contributed by atoms with Crippen LogP contribution in [0.5, 0.6) is 11.5 Å². The molecule has 2 unspecified atom stereocenters. The summed E-state index contributed by atoms with van der Waals surface area (Å²) < 4.78 is 36.0. The van der Waals surface area contributed by atoms with Gasteiger partial charge >= 0.3 is 0 Å². The molecular weight excluding hydrogens is 648 g/mol. The molecule has 2 atom stereocenters. The molecule has 0 aromatic heterocycles. The summed E-state index contributed by atoms with van der Waals surface area (Å²) in [6.45, 7) is 6.97. The first-order valence-corrected chi connectivity index (χ1v) is 22.0. The topological polar surface area (TPSA) is 55.4 Å².